The smallest absolute Gasteiger partial charge is 0.0874 e. The van der Waals surface area contributed by atoms with Gasteiger partial charge in [-0.05, 0) is 43.6 Å². The third-order valence-electron chi connectivity index (χ3n) is 4.26. The Morgan fingerprint density at radius 1 is 0.923 bits per heavy atom. The van der Waals surface area contributed by atoms with Gasteiger partial charge in [-0.2, -0.15) is 11.8 Å². The van der Waals surface area contributed by atoms with Crippen molar-refractivity contribution in [3.8, 4) is 11.8 Å². The summed E-state index contributed by atoms with van der Waals surface area (Å²) in [5, 5.41) is 0.360. The molecule has 0 saturated heterocycles. The highest BCUT2D eigenvalue weighted by Gasteiger charge is 2.25. The van der Waals surface area contributed by atoms with E-state index in [1.807, 2.05) is 18.2 Å². The summed E-state index contributed by atoms with van der Waals surface area (Å²) in [5.74, 6) is 8.14. The first kappa shape index (κ1) is 20.8. The van der Waals surface area contributed by atoms with Gasteiger partial charge in [-0.3, -0.25) is 4.90 Å². The van der Waals surface area contributed by atoms with Crippen molar-refractivity contribution in [3.05, 3.63) is 71.8 Å². The monoisotopic (exact) mass is 381 g/mol. The molecule has 0 aromatic heterocycles. The molecule has 138 valence electrons. The predicted molar refractivity (Wildman–Crippen MR) is 121 cm³/mol. The van der Waals surface area contributed by atoms with Gasteiger partial charge in [0.05, 0.1) is 11.3 Å². The first-order valence-corrected chi connectivity index (χ1v) is 14.0. The molecular weight excluding hydrogens is 350 g/mol. The first-order chi connectivity index (χ1) is 12.4. The molecule has 26 heavy (non-hydrogen) atoms. The lowest BCUT2D eigenvalue weighted by Gasteiger charge is -2.29. The molecule has 0 radical (unpaired) electrons. The number of thioether (sulfide) groups is 1. The lowest BCUT2D eigenvalue weighted by atomic mass is 10.0. The van der Waals surface area contributed by atoms with Gasteiger partial charge in [0.1, 0.15) is 0 Å². The average Bonchev–Trinajstić information content (AvgIpc) is 2.61. The number of rotatable bonds is 7. The van der Waals surface area contributed by atoms with Crippen LogP contribution in [0.25, 0.3) is 0 Å². The summed E-state index contributed by atoms with van der Waals surface area (Å²) < 4.78 is 0. The van der Waals surface area contributed by atoms with Crippen LogP contribution in [0.5, 0.6) is 0 Å². The molecule has 0 fully saturated rings. The minimum absolute atomic E-state index is 0.184. The van der Waals surface area contributed by atoms with E-state index in [0.717, 1.165) is 5.56 Å². The van der Waals surface area contributed by atoms with Gasteiger partial charge in [-0.1, -0.05) is 80.0 Å². The molecule has 2 aromatic rings. The summed E-state index contributed by atoms with van der Waals surface area (Å²) in [6, 6.07) is 22.7. The van der Waals surface area contributed by atoms with Crippen molar-refractivity contribution in [3.63, 3.8) is 0 Å². The lowest BCUT2D eigenvalue weighted by Crippen LogP contribution is -2.32. The van der Waals surface area contributed by atoms with E-state index in [1.165, 1.54) is 17.4 Å². The Labute approximate surface area is 165 Å². The average molecular weight is 382 g/mol. The third kappa shape index (κ3) is 7.03. The van der Waals surface area contributed by atoms with Crippen LogP contribution in [0.4, 0.5) is 0 Å². The third-order valence-corrected chi connectivity index (χ3v) is 7.70. The molecule has 0 unspecified atom stereocenters. The van der Waals surface area contributed by atoms with Crippen molar-refractivity contribution in [1.82, 2.24) is 4.90 Å². The van der Waals surface area contributed by atoms with Gasteiger partial charge in [-0.25, -0.2) is 0 Å². The van der Waals surface area contributed by atoms with E-state index in [9.17, 15) is 0 Å². The van der Waals surface area contributed by atoms with Crippen LogP contribution < -0.4 is 0 Å². The molecule has 0 heterocycles. The van der Waals surface area contributed by atoms with Crippen LogP contribution in [0.1, 0.15) is 16.4 Å². The Morgan fingerprint density at radius 3 is 2.04 bits per heavy atom. The molecule has 0 aliphatic heterocycles. The second-order valence-corrected chi connectivity index (χ2v) is 14.9. The lowest BCUT2D eigenvalue weighted by molar-refractivity contribution is 0.347. The van der Waals surface area contributed by atoms with Gasteiger partial charge in [-0.15, -0.1) is 0 Å². The maximum Gasteiger partial charge on any atom is 0.0874 e. The van der Waals surface area contributed by atoms with Crippen LogP contribution in [-0.4, -0.2) is 38.9 Å². The fourth-order valence-electron chi connectivity index (χ4n) is 2.66. The summed E-state index contributed by atoms with van der Waals surface area (Å²) >= 11 is 2.06. The van der Waals surface area contributed by atoms with Gasteiger partial charge >= 0.3 is 0 Å². The molecule has 0 aliphatic carbocycles. The predicted octanol–water partition coefficient (Wildman–Crippen LogP) is 5.78. The molecule has 0 spiro atoms. The van der Waals surface area contributed by atoms with E-state index < -0.39 is 8.07 Å². The normalized spacial score (nSPS) is 13.8. The molecule has 0 saturated carbocycles. The summed E-state index contributed by atoms with van der Waals surface area (Å²) in [4.78, 5) is 2.26. The molecule has 0 amide bonds. The Morgan fingerprint density at radius 2 is 1.50 bits per heavy atom. The van der Waals surface area contributed by atoms with Crippen LogP contribution >= 0.6 is 11.8 Å². The quantitative estimate of drug-likeness (QED) is 0.442. The van der Waals surface area contributed by atoms with Gasteiger partial charge < -0.3 is 0 Å². The van der Waals surface area contributed by atoms with Crippen molar-refractivity contribution in [2.45, 2.75) is 37.0 Å². The maximum absolute atomic E-state index is 3.55. The van der Waals surface area contributed by atoms with Gasteiger partial charge in [0.25, 0.3) is 0 Å². The molecule has 2 aromatic carbocycles. The van der Waals surface area contributed by atoms with E-state index >= 15 is 0 Å². The van der Waals surface area contributed by atoms with Gasteiger partial charge in [0.15, 0.2) is 0 Å². The Hall–Kier alpha value is -1.47. The number of hydrogen-bond donors (Lipinski definition) is 0. The number of nitrogens with zero attached hydrogens (tertiary/aromatic N) is 1. The second-order valence-electron chi connectivity index (χ2n) is 8.06. The standard InChI is InChI=1S/C23H31NSSi/c1-24(2)22(17-16-20-12-8-6-9-13-20)23(21-14-10-7-11-15-21)25-18-19-26(3,4)5/h6-15,22-23H,18-19H2,1-5H3/t22-,23-/m0/s1. The second kappa shape index (κ2) is 10.0. The van der Waals surface area contributed by atoms with Crippen molar-refractivity contribution < 1.29 is 0 Å². The zero-order valence-electron chi connectivity index (χ0n) is 16.7. The van der Waals surface area contributed by atoms with Crippen molar-refractivity contribution in [2.24, 2.45) is 0 Å². The first-order valence-electron chi connectivity index (χ1n) is 9.26. The number of benzene rings is 2. The summed E-state index contributed by atoms with van der Waals surface area (Å²) in [6.45, 7) is 7.34. The van der Waals surface area contributed by atoms with Crippen molar-refractivity contribution >= 4 is 19.8 Å². The molecule has 0 N–H and O–H groups in total. The topological polar surface area (TPSA) is 3.24 Å². The fraction of sp³-hybridized carbons (Fsp3) is 0.391. The fourth-order valence-corrected chi connectivity index (χ4v) is 6.68. The Kier molecular flexibility index (Phi) is 8.03. The molecule has 2 atom stereocenters. The molecule has 3 heteroatoms. The van der Waals surface area contributed by atoms with Crippen molar-refractivity contribution in [1.29, 1.82) is 0 Å². The van der Waals surface area contributed by atoms with E-state index in [4.69, 9.17) is 0 Å². The molecular formula is C23H31NSSi. The van der Waals surface area contributed by atoms with Gasteiger partial charge in [0, 0.05) is 13.6 Å². The molecule has 2 rings (SSSR count). The molecule has 1 nitrogen and oxygen atoms in total. The van der Waals surface area contributed by atoms with E-state index in [-0.39, 0.29) is 6.04 Å². The highest BCUT2D eigenvalue weighted by atomic mass is 32.2. The SMILES string of the molecule is CN(C)[C@@H](C#Cc1ccccc1)[C@@H](SCC[Si](C)(C)C)c1ccccc1. The summed E-state index contributed by atoms with van der Waals surface area (Å²) in [5.41, 5.74) is 2.45. The van der Waals surface area contributed by atoms with Gasteiger partial charge in [0.2, 0.25) is 0 Å². The van der Waals surface area contributed by atoms with E-state index in [0.29, 0.717) is 5.25 Å². The largest absolute Gasteiger partial charge is 0.295 e. The maximum atomic E-state index is 3.55. The van der Waals surface area contributed by atoms with Crippen LogP contribution in [0, 0.1) is 11.8 Å². The van der Waals surface area contributed by atoms with Crippen molar-refractivity contribution in [2.75, 3.05) is 19.8 Å². The van der Waals surface area contributed by atoms with Crippen LogP contribution in [0.2, 0.25) is 25.7 Å². The molecule has 0 aliphatic rings. The Balaban J connectivity index is 2.26. The Bertz CT molecular complexity index is 711. The van der Waals surface area contributed by atoms with E-state index in [2.05, 4.69) is 105 Å². The summed E-state index contributed by atoms with van der Waals surface area (Å²) in [6.07, 6.45) is 0. The highest BCUT2D eigenvalue weighted by molar-refractivity contribution is 7.99. The van der Waals surface area contributed by atoms with Crippen LogP contribution in [0.3, 0.4) is 0 Å². The molecule has 0 bridgehead atoms. The number of likely N-dealkylation sites (N-methyl/N-ethyl adjacent to an activating group) is 1. The zero-order valence-corrected chi connectivity index (χ0v) is 18.5. The number of hydrogen-bond acceptors (Lipinski definition) is 2. The van der Waals surface area contributed by atoms with Crippen LogP contribution in [-0.2, 0) is 0 Å². The van der Waals surface area contributed by atoms with Crippen LogP contribution in [0.15, 0.2) is 60.7 Å². The summed E-state index contributed by atoms with van der Waals surface area (Å²) in [7, 11) is 3.25. The minimum atomic E-state index is -1.03. The van der Waals surface area contributed by atoms with E-state index in [1.54, 1.807) is 0 Å². The highest BCUT2D eigenvalue weighted by Crippen LogP contribution is 2.35. The minimum Gasteiger partial charge on any atom is -0.295 e. The zero-order chi connectivity index (χ0) is 19.0.